The van der Waals surface area contributed by atoms with Crippen molar-refractivity contribution in [3.05, 3.63) is 68.7 Å². The van der Waals surface area contributed by atoms with E-state index in [0.29, 0.717) is 12.1 Å². The highest BCUT2D eigenvalue weighted by Crippen LogP contribution is 2.33. The summed E-state index contributed by atoms with van der Waals surface area (Å²) in [6.45, 7) is 6.86. The van der Waals surface area contributed by atoms with Crippen molar-refractivity contribution in [2.24, 2.45) is 0 Å². The highest BCUT2D eigenvalue weighted by molar-refractivity contribution is 7.22. The molecule has 0 bridgehead atoms. The standard InChI is InChI=1S/C23H24ClN5O3S/c1-16-19(24)6-7-20-22(16)26-23(33-20)28-13-11-27(12-14-28)10-9-25-21(30)8-5-17-3-2-4-18(15-17)29(31)32/h2-8,15H,9-14H2,1H3,(H,25,30)/b8-5+. The van der Waals surface area contributed by atoms with E-state index in [-0.39, 0.29) is 11.6 Å². The first-order valence-electron chi connectivity index (χ1n) is 10.6. The third kappa shape index (κ3) is 5.68. The van der Waals surface area contributed by atoms with Crippen LogP contribution < -0.4 is 10.2 Å². The molecule has 0 unspecified atom stereocenters. The van der Waals surface area contributed by atoms with Gasteiger partial charge in [-0.3, -0.25) is 19.8 Å². The predicted octanol–water partition coefficient (Wildman–Crippen LogP) is 4.12. The molecule has 2 aromatic carbocycles. The van der Waals surface area contributed by atoms with Crippen molar-refractivity contribution in [3.8, 4) is 0 Å². The predicted molar refractivity (Wildman–Crippen MR) is 133 cm³/mol. The van der Waals surface area contributed by atoms with Crippen LogP contribution in [0.5, 0.6) is 0 Å². The summed E-state index contributed by atoms with van der Waals surface area (Å²) in [6, 6.07) is 10.1. The van der Waals surface area contributed by atoms with E-state index in [2.05, 4.69) is 15.1 Å². The number of amides is 1. The van der Waals surface area contributed by atoms with Crippen LogP contribution in [0.3, 0.4) is 0 Å². The number of aromatic nitrogens is 1. The summed E-state index contributed by atoms with van der Waals surface area (Å²) in [5, 5.41) is 15.5. The summed E-state index contributed by atoms with van der Waals surface area (Å²) < 4.78 is 1.15. The number of nitro groups is 1. The number of non-ortho nitro benzene ring substituents is 1. The molecule has 4 rings (SSSR count). The molecular formula is C23H24ClN5O3S. The number of anilines is 1. The highest BCUT2D eigenvalue weighted by atomic mass is 35.5. The summed E-state index contributed by atoms with van der Waals surface area (Å²) in [5.41, 5.74) is 2.61. The van der Waals surface area contributed by atoms with Gasteiger partial charge in [0.25, 0.3) is 5.69 Å². The maximum Gasteiger partial charge on any atom is 0.270 e. The van der Waals surface area contributed by atoms with E-state index < -0.39 is 4.92 Å². The topological polar surface area (TPSA) is 91.6 Å². The highest BCUT2D eigenvalue weighted by Gasteiger charge is 2.20. The number of nitrogens with one attached hydrogen (secondary N) is 1. The smallest absolute Gasteiger partial charge is 0.270 e. The van der Waals surface area contributed by atoms with Crippen molar-refractivity contribution in [2.75, 3.05) is 44.2 Å². The molecule has 8 nitrogen and oxygen atoms in total. The lowest BCUT2D eigenvalue weighted by molar-refractivity contribution is -0.384. The van der Waals surface area contributed by atoms with Crippen LogP contribution in [-0.4, -0.2) is 60.0 Å². The normalized spacial score (nSPS) is 14.8. The molecule has 0 radical (unpaired) electrons. The van der Waals surface area contributed by atoms with Crippen molar-refractivity contribution >= 4 is 56.0 Å². The molecule has 10 heteroatoms. The number of nitrogens with zero attached hydrogens (tertiary/aromatic N) is 4. The largest absolute Gasteiger partial charge is 0.351 e. The monoisotopic (exact) mass is 485 g/mol. The maximum atomic E-state index is 12.1. The van der Waals surface area contributed by atoms with Crippen LogP contribution in [0.25, 0.3) is 16.3 Å². The first-order chi connectivity index (χ1) is 15.9. The quantitative estimate of drug-likeness (QED) is 0.307. The number of benzene rings is 2. The minimum Gasteiger partial charge on any atom is -0.351 e. The molecule has 1 aromatic heterocycles. The van der Waals surface area contributed by atoms with E-state index in [1.165, 1.54) is 18.2 Å². The average molecular weight is 486 g/mol. The zero-order chi connectivity index (χ0) is 23.4. The zero-order valence-electron chi connectivity index (χ0n) is 18.2. The molecule has 1 saturated heterocycles. The lowest BCUT2D eigenvalue weighted by atomic mass is 10.2. The van der Waals surface area contributed by atoms with Gasteiger partial charge in [0.15, 0.2) is 5.13 Å². The van der Waals surface area contributed by atoms with Crippen molar-refractivity contribution < 1.29 is 9.72 Å². The van der Waals surface area contributed by atoms with Gasteiger partial charge in [0.2, 0.25) is 5.91 Å². The number of halogens is 1. The molecule has 1 N–H and O–H groups in total. The zero-order valence-corrected chi connectivity index (χ0v) is 19.7. The molecule has 0 spiro atoms. The number of hydrogen-bond donors (Lipinski definition) is 1. The summed E-state index contributed by atoms with van der Waals surface area (Å²) in [5.74, 6) is -0.219. The number of carbonyl (C=O) groups is 1. The van der Waals surface area contributed by atoms with E-state index in [1.54, 1.807) is 29.5 Å². The van der Waals surface area contributed by atoms with E-state index >= 15 is 0 Å². The number of piperazine rings is 1. The average Bonchev–Trinajstić information content (AvgIpc) is 3.26. The van der Waals surface area contributed by atoms with Gasteiger partial charge in [-0.05, 0) is 36.3 Å². The van der Waals surface area contributed by atoms with Gasteiger partial charge in [0.05, 0.1) is 15.1 Å². The van der Waals surface area contributed by atoms with Gasteiger partial charge in [-0.15, -0.1) is 0 Å². The third-order valence-corrected chi connectivity index (χ3v) is 7.11. The second-order valence-electron chi connectivity index (χ2n) is 7.82. The Morgan fingerprint density at radius 2 is 2.06 bits per heavy atom. The Kier molecular flexibility index (Phi) is 7.22. The first-order valence-corrected chi connectivity index (χ1v) is 11.8. The van der Waals surface area contributed by atoms with Crippen molar-refractivity contribution in [2.45, 2.75) is 6.92 Å². The third-order valence-electron chi connectivity index (χ3n) is 5.61. The Balaban J connectivity index is 1.22. The number of aryl methyl sites for hydroxylation is 1. The molecule has 172 valence electrons. The summed E-state index contributed by atoms with van der Waals surface area (Å²) in [7, 11) is 0. The van der Waals surface area contributed by atoms with Crippen LogP contribution in [0.4, 0.5) is 10.8 Å². The molecule has 1 fully saturated rings. The van der Waals surface area contributed by atoms with Crippen LogP contribution in [0.2, 0.25) is 5.02 Å². The molecule has 1 aliphatic heterocycles. The fraction of sp³-hybridized carbons (Fsp3) is 0.304. The molecule has 3 aromatic rings. The minimum atomic E-state index is -0.454. The molecule has 0 aliphatic carbocycles. The molecule has 0 saturated carbocycles. The maximum absolute atomic E-state index is 12.1. The van der Waals surface area contributed by atoms with Crippen LogP contribution in [0.15, 0.2) is 42.5 Å². The Morgan fingerprint density at radius 3 is 2.82 bits per heavy atom. The molecular weight excluding hydrogens is 462 g/mol. The number of hydrogen-bond acceptors (Lipinski definition) is 7. The molecule has 2 heterocycles. The van der Waals surface area contributed by atoms with E-state index in [1.807, 2.05) is 19.1 Å². The van der Waals surface area contributed by atoms with Gasteiger partial charge in [-0.2, -0.15) is 0 Å². The molecule has 1 amide bonds. The van der Waals surface area contributed by atoms with Gasteiger partial charge in [-0.25, -0.2) is 4.98 Å². The van der Waals surface area contributed by atoms with Gasteiger partial charge in [-0.1, -0.05) is 35.1 Å². The summed E-state index contributed by atoms with van der Waals surface area (Å²) >= 11 is 7.92. The molecule has 33 heavy (non-hydrogen) atoms. The van der Waals surface area contributed by atoms with E-state index in [9.17, 15) is 14.9 Å². The lowest BCUT2D eigenvalue weighted by Crippen LogP contribution is -2.48. The van der Waals surface area contributed by atoms with Crippen molar-refractivity contribution in [3.63, 3.8) is 0 Å². The second kappa shape index (κ2) is 10.3. The fourth-order valence-electron chi connectivity index (χ4n) is 3.70. The van der Waals surface area contributed by atoms with Crippen LogP contribution >= 0.6 is 22.9 Å². The molecule has 1 aliphatic rings. The second-order valence-corrected chi connectivity index (χ2v) is 9.24. The van der Waals surface area contributed by atoms with Gasteiger partial charge < -0.3 is 10.2 Å². The number of carbonyl (C=O) groups excluding carboxylic acids is 1. The minimum absolute atomic E-state index is 0.00137. The van der Waals surface area contributed by atoms with Gasteiger partial charge in [0, 0.05) is 62.5 Å². The summed E-state index contributed by atoms with van der Waals surface area (Å²) in [6.07, 6.45) is 2.98. The number of rotatable bonds is 7. The van der Waals surface area contributed by atoms with Crippen LogP contribution in [-0.2, 0) is 4.79 Å². The van der Waals surface area contributed by atoms with Gasteiger partial charge >= 0.3 is 0 Å². The van der Waals surface area contributed by atoms with E-state index in [0.717, 1.165) is 58.7 Å². The summed E-state index contributed by atoms with van der Waals surface area (Å²) in [4.78, 5) is 31.9. The number of fused-ring (bicyclic) bond motifs is 1. The number of thiazole rings is 1. The Morgan fingerprint density at radius 1 is 1.27 bits per heavy atom. The Labute approximate surface area is 200 Å². The van der Waals surface area contributed by atoms with Crippen LogP contribution in [0, 0.1) is 17.0 Å². The van der Waals surface area contributed by atoms with Crippen molar-refractivity contribution in [1.82, 2.24) is 15.2 Å². The Bertz CT molecular complexity index is 1200. The van der Waals surface area contributed by atoms with E-state index in [4.69, 9.17) is 16.6 Å². The lowest BCUT2D eigenvalue weighted by Gasteiger charge is -2.34. The van der Waals surface area contributed by atoms with Gasteiger partial charge in [0.1, 0.15) is 0 Å². The number of nitro benzene ring substituents is 1. The van der Waals surface area contributed by atoms with Crippen LogP contribution in [0.1, 0.15) is 11.1 Å². The Hall–Kier alpha value is -3.01. The molecule has 0 atom stereocenters. The first kappa shape index (κ1) is 23.2. The fourth-order valence-corrected chi connectivity index (χ4v) is 4.93. The van der Waals surface area contributed by atoms with Crippen molar-refractivity contribution in [1.29, 1.82) is 0 Å². The SMILES string of the molecule is Cc1c(Cl)ccc2sc(N3CCN(CCNC(=O)/C=C/c4cccc([N+](=O)[O-])c4)CC3)nc12.